The van der Waals surface area contributed by atoms with Crippen LogP contribution in [0.15, 0.2) is 0 Å². The van der Waals surface area contributed by atoms with E-state index >= 15 is 0 Å². The Morgan fingerprint density at radius 2 is 2.23 bits per heavy atom. The molecule has 0 aromatic heterocycles. The number of hydrogen-bond donors (Lipinski definition) is 1. The van der Waals surface area contributed by atoms with E-state index in [2.05, 4.69) is 12.7 Å². The Kier molecular flexibility index (Phi) is 3.70. The van der Waals surface area contributed by atoms with Crippen molar-refractivity contribution in [2.75, 3.05) is 25.4 Å². The Morgan fingerprint density at radius 1 is 1.54 bits per heavy atom. The van der Waals surface area contributed by atoms with Crippen molar-refractivity contribution < 1.29 is 14.2 Å². The van der Waals surface area contributed by atoms with Crippen molar-refractivity contribution in [3.8, 4) is 0 Å². The van der Waals surface area contributed by atoms with Crippen LogP contribution in [0, 0.1) is 5.92 Å². The number of sulfonamides is 1. The highest BCUT2D eigenvalue weighted by atomic mass is 32.2. The van der Waals surface area contributed by atoms with Crippen LogP contribution in [0.2, 0.25) is 0 Å². The number of piperidine rings is 1. The van der Waals surface area contributed by atoms with Crippen LogP contribution in [0.5, 0.6) is 0 Å². The van der Waals surface area contributed by atoms with Crippen molar-refractivity contribution in [1.29, 1.82) is 0 Å². The molecule has 0 bridgehead atoms. The van der Waals surface area contributed by atoms with E-state index in [1.807, 2.05) is 0 Å². The summed E-state index contributed by atoms with van der Waals surface area (Å²) in [6.07, 6.45) is 2.15. The maximum Gasteiger partial charge on any atom is 0.219 e. The summed E-state index contributed by atoms with van der Waals surface area (Å²) in [5.74, 6) is 0.702. The van der Waals surface area contributed by atoms with Crippen molar-refractivity contribution in [3.63, 3.8) is 0 Å². The number of quaternary nitrogens is 1. The predicted octanol–water partition coefficient (Wildman–Crippen LogP) is -0.710. The summed E-state index contributed by atoms with van der Waals surface area (Å²) >= 11 is 0. The normalized spacial score (nSPS) is 26.2. The molecule has 13 heavy (non-hydrogen) atoms. The summed E-state index contributed by atoms with van der Waals surface area (Å²) in [4.78, 5) is 0. The van der Waals surface area contributed by atoms with Crippen molar-refractivity contribution >= 4 is 10.0 Å². The Labute approximate surface area is 80.1 Å². The summed E-state index contributed by atoms with van der Waals surface area (Å²) in [6.45, 7) is 3.97. The van der Waals surface area contributed by atoms with Gasteiger partial charge in [-0.15, -0.1) is 0 Å². The summed E-state index contributed by atoms with van der Waals surface area (Å²) in [6, 6.07) is 0. The van der Waals surface area contributed by atoms with E-state index in [9.17, 15) is 8.42 Å². The summed E-state index contributed by atoms with van der Waals surface area (Å²) in [7, 11) is -3.00. The molecular weight excluding hydrogens is 188 g/mol. The SMILES string of the molecule is C[C@H]1CCCN(S(=O)(=O)CC[NH3+])C1. The molecule has 0 aliphatic carbocycles. The Hall–Kier alpha value is -0.130. The predicted molar refractivity (Wildman–Crippen MR) is 51.5 cm³/mol. The van der Waals surface area contributed by atoms with E-state index in [1.54, 1.807) is 4.31 Å². The summed E-state index contributed by atoms with van der Waals surface area (Å²) in [5, 5.41) is 0. The zero-order chi connectivity index (χ0) is 9.90. The first-order valence-electron chi connectivity index (χ1n) is 4.83. The molecule has 1 saturated heterocycles. The minimum Gasteiger partial charge on any atom is -0.357 e. The second kappa shape index (κ2) is 4.39. The second-order valence-corrected chi connectivity index (χ2v) is 5.86. The van der Waals surface area contributed by atoms with Crippen molar-refractivity contribution in [1.82, 2.24) is 4.31 Å². The van der Waals surface area contributed by atoms with Gasteiger partial charge in [-0.05, 0) is 18.8 Å². The van der Waals surface area contributed by atoms with Gasteiger partial charge in [-0.1, -0.05) is 6.92 Å². The van der Waals surface area contributed by atoms with E-state index in [0.717, 1.165) is 12.8 Å². The van der Waals surface area contributed by atoms with Crippen LogP contribution < -0.4 is 5.73 Å². The number of nitrogens with zero attached hydrogens (tertiary/aromatic N) is 1. The molecule has 0 saturated carbocycles. The van der Waals surface area contributed by atoms with Crippen LogP contribution in [-0.2, 0) is 10.0 Å². The fourth-order valence-electron chi connectivity index (χ4n) is 1.71. The molecule has 78 valence electrons. The molecule has 4 nitrogen and oxygen atoms in total. The van der Waals surface area contributed by atoms with Gasteiger partial charge < -0.3 is 5.73 Å². The van der Waals surface area contributed by atoms with E-state index in [0.29, 0.717) is 25.6 Å². The van der Waals surface area contributed by atoms with Gasteiger partial charge in [0.2, 0.25) is 10.0 Å². The lowest BCUT2D eigenvalue weighted by Crippen LogP contribution is -2.55. The van der Waals surface area contributed by atoms with Gasteiger partial charge in [-0.2, -0.15) is 0 Å². The molecule has 3 N–H and O–H groups in total. The van der Waals surface area contributed by atoms with Crippen LogP contribution in [-0.4, -0.2) is 38.1 Å². The quantitative estimate of drug-likeness (QED) is 0.664. The Morgan fingerprint density at radius 3 is 2.77 bits per heavy atom. The fraction of sp³-hybridized carbons (Fsp3) is 1.00. The maximum atomic E-state index is 11.6. The molecule has 0 aromatic rings. The molecule has 1 aliphatic rings. The third-order valence-corrected chi connectivity index (χ3v) is 4.34. The number of rotatable bonds is 3. The lowest BCUT2D eigenvalue weighted by atomic mass is 10.0. The molecule has 1 aliphatic heterocycles. The van der Waals surface area contributed by atoms with Crippen molar-refractivity contribution in [2.45, 2.75) is 19.8 Å². The lowest BCUT2D eigenvalue weighted by Gasteiger charge is -2.29. The molecule has 1 heterocycles. The smallest absolute Gasteiger partial charge is 0.219 e. The van der Waals surface area contributed by atoms with Crippen LogP contribution in [0.4, 0.5) is 0 Å². The largest absolute Gasteiger partial charge is 0.357 e. The average molecular weight is 207 g/mol. The minimum atomic E-state index is -3.00. The third kappa shape index (κ3) is 2.93. The van der Waals surface area contributed by atoms with E-state index in [4.69, 9.17) is 0 Å². The van der Waals surface area contributed by atoms with Gasteiger partial charge in [0.1, 0.15) is 5.75 Å². The standard InChI is InChI=1S/C8H18N2O2S/c1-8-3-2-5-10(7-8)13(11,12)6-4-9/h8H,2-7,9H2,1H3/p+1/t8-/m0/s1. The zero-order valence-electron chi connectivity index (χ0n) is 8.20. The highest BCUT2D eigenvalue weighted by Crippen LogP contribution is 2.18. The molecule has 0 spiro atoms. The van der Waals surface area contributed by atoms with E-state index < -0.39 is 10.0 Å². The van der Waals surface area contributed by atoms with Gasteiger partial charge in [0.15, 0.2) is 0 Å². The van der Waals surface area contributed by atoms with Crippen LogP contribution in [0.3, 0.4) is 0 Å². The third-order valence-electron chi connectivity index (χ3n) is 2.42. The summed E-state index contributed by atoms with van der Waals surface area (Å²) in [5.41, 5.74) is 3.58. The van der Waals surface area contributed by atoms with Gasteiger partial charge in [-0.3, -0.25) is 0 Å². The van der Waals surface area contributed by atoms with Crippen molar-refractivity contribution in [3.05, 3.63) is 0 Å². The first-order chi connectivity index (χ1) is 6.06. The van der Waals surface area contributed by atoms with Crippen molar-refractivity contribution in [2.24, 2.45) is 5.92 Å². The van der Waals surface area contributed by atoms with Gasteiger partial charge in [0.05, 0.1) is 6.54 Å². The van der Waals surface area contributed by atoms with Crippen LogP contribution in [0.25, 0.3) is 0 Å². The second-order valence-electron chi connectivity index (χ2n) is 3.77. The van der Waals surface area contributed by atoms with Gasteiger partial charge >= 0.3 is 0 Å². The summed E-state index contributed by atoms with van der Waals surface area (Å²) < 4.78 is 24.9. The molecule has 0 unspecified atom stereocenters. The van der Waals surface area contributed by atoms with Gasteiger partial charge in [-0.25, -0.2) is 12.7 Å². The Bertz CT molecular complexity index is 251. The number of hydrogen-bond acceptors (Lipinski definition) is 2. The fourth-order valence-corrected chi connectivity index (χ4v) is 3.22. The molecule has 1 atom stereocenters. The average Bonchev–Trinajstić information content (AvgIpc) is 2.04. The Balaban J connectivity index is 2.60. The highest BCUT2D eigenvalue weighted by molar-refractivity contribution is 7.89. The molecular formula is C8H19N2O2S+. The molecule has 5 heteroatoms. The highest BCUT2D eigenvalue weighted by Gasteiger charge is 2.26. The molecule has 0 amide bonds. The first-order valence-corrected chi connectivity index (χ1v) is 6.44. The van der Waals surface area contributed by atoms with E-state index in [1.165, 1.54) is 0 Å². The maximum absolute atomic E-state index is 11.6. The van der Waals surface area contributed by atoms with Crippen LogP contribution in [0.1, 0.15) is 19.8 Å². The topological polar surface area (TPSA) is 65.0 Å². The lowest BCUT2D eigenvalue weighted by molar-refractivity contribution is -0.360. The first kappa shape index (κ1) is 10.9. The monoisotopic (exact) mass is 207 g/mol. The molecule has 0 radical (unpaired) electrons. The molecule has 1 fully saturated rings. The minimum absolute atomic E-state index is 0.194. The molecule has 1 rings (SSSR count). The zero-order valence-corrected chi connectivity index (χ0v) is 9.02. The van der Waals surface area contributed by atoms with E-state index in [-0.39, 0.29) is 5.75 Å². The molecule has 0 aromatic carbocycles. The van der Waals surface area contributed by atoms with Gasteiger partial charge in [0, 0.05) is 13.1 Å². The van der Waals surface area contributed by atoms with Gasteiger partial charge in [0.25, 0.3) is 0 Å². The van der Waals surface area contributed by atoms with Crippen LogP contribution >= 0.6 is 0 Å².